The summed E-state index contributed by atoms with van der Waals surface area (Å²) in [4.78, 5) is 0. The molecule has 0 radical (unpaired) electrons. The van der Waals surface area contributed by atoms with Crippen LogP contribution in [0.15, 0.2) is 36.2 Å². The molecule has 0 atom stereocenters. The first-order chi connectivity index (χ1) is 5.40. The fourth-order valence-electron chi connectivity index (χ4n) is 1.10. The van der Waals surface area contributed by atoms with Crippen molar-refractivity contribution in [2.75, 3.05) is 0 Å². The lowest BCUT2D eigenvalue weighted by Crippen LogP contribution is -1.67. The van der Waals surface area contributed by atoms with Gasteiger partial charge in [0.25, 0.3) is 0 Å². The van der Waals surface area contributed by atoms with Crippen LogP contribution < -0.4 is 0 Å². The van der Waals surface area contributed by atoms with E-state index in [4.69, 9.17) is 0 Å². The third-order valence-corrected chi connectivity index (χ3v) is 2.60. The van der Waals surface area contributed by atoms with E-state index in [1.807, 2.05) is 6.08 Å². The van der Waals surface area contributed by atoms with Crippen LogP contribution in [0.25, 0.3) is 16.2 Å². The summed E-state index contributed by atoms with van der Waals surface area (Å²) >= 11 is 1.77. The normalized spacial score (nSPS) is 10.2. The molecule has 0 amide bonds. The summed E-state index contributed by atoms with van der Waals surface area (Å²) in [6.45, 7) is 3.73. The van der Waals surface area contributed by atoms with E-state index in [0.29, 0.717) is 0 Å². The minimum absolute atomic E-state index is 1.19. The average Bonchev–Trinajstić information content (AvgIpc) is 2.50. The molecular weight excluding hydrogens is 152 g/mol. The minimum atomic E-state index is 1.19. The van der Waals surface area contributed by atoms with Crippen molar-refractivity contribution in [3.8, 4) is 0 Å². The predicted molar refractivity (Wildman–Crippen MR) is 51.9 cm³/mol. The Kier molecular flexibility index (Phi) is 1.51. The van der Waals surface area contributed by atoms with Crippen LogP contribution in [0.2, 0.25) is 0 Å². The average molecular weight is 160 g/mol. The monoisotopic (exact) mass is 160 g/mol. The third kappa shape index (κ3) is 1.08. The molecule has 1 heteroatoms. The number of benzene rings is 1. The number of rotatable bonds is 1. The Labute approximate surface area is 69.8 Å². The van der Waals surface area contributed by atoms with Crippen LogP contribution >= 0.6 is 11.3 Å². The molecule has 2 aromatic rings. The molecule has 1 heterocycles. The molecule has 0 aliphatic rings. The van der Waals surface area contributed by atoms with Gasteiger partial charge in [-0.1, -0.05) is 24.8 Å². The lowest BCUT2D eigenvalue weighted by atomic mass is 10.2. The summed E-state index contributed by atoms with van der Waals surface area (Å²) in [6.07, 6.45) is 1.87. The maximum Gasteiger partial charge on any atom is 0.0348 e. The zero-order valence-corrected chi connectivity index (χ0v) is 6.90. The van der Waals surface area contributed by atoms with Crippen molar-refractivity contribution < 1.29 is 0 Å². The van der Waals surface area contributed by atoms with Crippen molar-refractivity contribution in [1.29, 1.82) is 0 Å². The molecule has 2 rings (SSSR count). The van der Waals surface area contributed by atoms with E-state index in [-0.39, 0.29) is 0 Å². The first-order valence-electron chi connectivity index (χ1n) is 3.50. The second kappa shape index (κ2) is 2.51. The maximum atomic E-state index is 3.73. The van der Waals surface area contributed by atoms with Gasteiger partial charge in [-0.2, -0.15) is 0 Å². The van der Waals surface area contributed by atoms with E-state index in [1.165, 1.54) is 15.6 Å². The molecule has 1 aromatic carbocycles. The second-order valence-corrected chi connectivity index (χ2v) is 3.37. The van der Waals surface area contributed by atoms with E-state index in [9.17, 15) is 0 Å². The quantitative estimate of drug-likeness (QED) is 0.598. The summed E-state index contributed by atoms with van der Waals surface area (Å²) < 4.78 is 1.34. The molecule has 0 bridgehead atoms. The Morgan fingerprint density at radius 2 is 2.18 bits per heavy atom. The molecule has 0 saturated heterocycles. The zero-order valence-electron chi connectivity index (χ0n) is 6.08. The Morgan fingerprint density at radius 3 is 3.00 bits per heavy atom. The standard InChI is InChI=1S/C10H8S/c1-2-8-3-4-9-5-6-11-10(9)7-8/h2-7H,1H2. The van der Waals surface area contributed by atoms with Crippen molar-refractivity contribution in [1.82, 2.24) is 0 Å². The highest BCUT2D eigenvalue weighted by atomic mass is 32.1. The fraction of sp³-hybridized carbons (Fsp3) is 0. The molecule has 0 fully saturated rings. The van der Waals surface area contributed by atoms with Gasteiger partial charge in [0.05, 0.1) is 0 Å². The van der Waals surface area contributed by atoms with Crippen LogP contribution in [-0.4, -0.2) is 0 Å². The van der Waals surface area contributed by atoms with Crippen LogP contribution in [0, 0.1) is 0 Å². The highest BCUT2D eigenvalue weighted by Gasteiger charge is 1.93. The van der Waals surface area contributed by atoms with Crippen LogP contribution in [0.3, 0.4) is 0 Å². The van der Waals surface area contributed by atoms with Crippen LogP contribution in [0.4, 0.5) is 0 Å². The topological polar surface area (TPSA) is 0 Å². The molecule has 0 nitrogen and oxygen atoms in total. The van der Waals surface area contributed by atoms with Gasteiger partial charge in [0, 0.05) is 4.70 Å². The SMILES string of the molecule is C=Cc1ccc2ccsc2c1. The van der Waals surface area contributed by atoms with Gasteiger partial charge in [0.2, 0.25) is 0 Å². The highest BCUT2D eigenvalue weighted by molar-refractivity contribution is 7.17. The zero-order chi connectivity index (χ0) is 7.68. The predicted octanol–water partition coefficient (Wildman–Crippen LogP) is 3.54. The number of hydrogen-bond donors (Lipinski definition) is 0. The third-order valence-electron chi connectivity index (χ3n) is 1.72. The molecule has 11 heavy (non-hydrogen) atoms. The van der Waals surface area contributed by atoms with Gasteiger partial charge in [0.15, 0.2) is 0 Å². The van der Waals surface area contributed by atoms with E-state index in [2.05, 4.69) is 36.2 Å². The molecule has 0 aliphatic carbocycles. The van der Waals surface area contributed by atoms with Crippen molar-refractivity contribution in [3.63, 3.8) is 0 Å². The van der Waals surface area contributed by atoms with Gasteiger partial charge in [-0.05, 0) is 28.5 Å². The smallest absolute Gasteiger partial charge is 0.0348 e. The van der Waals surface area contributed by atoms with E-state index in [0.717, 1.165) is 0 Å². The van der Waals surface area contributed by atoms with Crippen LogP contribution in [0.5, 0.6) is 0 Å². The number of thiophene rings is 1. The van der Waals surface area contributed by atoms with Crippen LogP contribution in [-0.2, 0) is 0 Å². The molecule has 0 N–H and O–H groups in total. The fourth-order valence-corrected chi connectivity index (χ4v) is 1.94. The molecular formula is C10H8S. The van der Waals surface area contributed by atoms with E-state index < -0.39 is 0 Å². The van der Waals surface area contributed by atoms with E-state index in [1.54, 1.807) is 11.3 Å². The summed E-state index contributed by atoms with van der Waals surface area (Å²) in [5.74, 6) is 0. The lowest BCUT2D eigenvalue weighted by Gasteiger charge is -1.91. The highest BCUT2D eigenvalue weighted by Crippen LogP contribution is 2.21. The van der Waals surface area contributed by atoms with Gasteiger partial charge >= 0.3 is 0 Å². The van der Waals surface area contributed by atoms with Gasteiger partial charge in [-0.25, -0.2) is 0 Å². The van der Waals surface area contributed by atoms with Gasteiger partial charge < -0.3 is 0 Å². The van der Waals surface area contributed by atoms with Crippen molar-refractivity contribution in [3.05, 3.63) is 41.8 Å². The molecule has 1 aromatic heterocycles. The minimum Gasteiger partial charge on any atom is -0.144 e. The number of fused-ring (bicyclic) bond motifs is 1. The maximum absolute atomic E-state index is 3.73. The van der Waals surface area contributed by atoms with E-state index >= 15 is 0 Å². The second-order valence-electron chi connectivity index (χ2n) is 2.42. The Morgan fingerprint density at radius 1 is 1.27 bits per heavy atom. The molecule has 0 aliphatic heterocycles. The Balaban J connectivity index is 2.76. The molecule has 54 valence electrons. The lowest BCUT2D eigenvalue weighted by molar-refractivity contribution is 1.78. The summed E-state index contributed by atoms with van der Waals surface area (Å²) in [5.41, 5.74) is 1.19. The molecule has 0 saturated carbocycles. The summed E-state index contributed by atoms with van der Waals surface area (Å²) in [5, 5.41) is 3.43. The summed E-state index contributed by atoms with van der Waals surface area (Å²) in [7, 11) is 0. The first kappa shape index (κ1) is 6.62. The van der Waals surface area contributed by atoms with Gasteiger partial charge in [0.1, 0.15) is 0 Å². The number of hydrogen-bond acceptors (Lipinski definition) is 1. The molecule has 0 unspecified atom stereocenters. The van der Waals surface area contributed by atoms with Crippen molar-refractivity contribution in [2.24, 2.45) is 0 Å². The first-order valence-corrected chi connectivity index (χ1v) is 4.38. The van der Waals surface area contributed by atoms with Crippen molar-refractivity contribution >= 4 is 27.5 Å². The van der Waals surface area contributed by atoms with Crippen molar-refractivity contribution in [2.45, 2.75) is 0 Å². The van der Waals surface area contributed by atoms with Gasteiger partial charge in [-0.15, -0.1) is 11.3 Å². The largest absolute Gasteiger partial charge is 0.144 e. The van der Waals surface area contributed by atoms with Crippen LogP contribution in [0.1, 0.15) is 5.56 Å². The van der Waals surface area contributed by atoms with Gasteiger partial charge in [-0.3, -0.25) is 0 Å². The molecule has 0 spiro atoms. The summed E-state index contributed by atoms with van der Waals surface area (Å²) in [6, 6.07) is 8.50. The Hall–Kier alpha value is -1.08. The Bertz CT molecular complexity index is 384.